The Morgan fingerprint density at radius 3 is 2.60 bits per heavy atom. The smallest absolute Gasteiger partial charge is 0.282 e. The Morgan fingerprint density at radius 1 is 1.25 bits per heavy atom. The van der Waals surface area contributed by atoms with Crippen molar-refractivity contribution in [1.82, 2.24) is 9.88 Å². The van der Waals surface area contributed by atoms with Gasteiger partial charge in [-0.25, -0.2) is 4.98 Å². The van der Waals surface area contributed by atoms with Gasteiger partial charge in [0.05, 0.1) is 10.2 Å². The van der Waals surface area contributed by atoms with Gasteiger partial charge in [0.25, 0.3) is 5.91 Å². The van der Waals surface area contributed by atoms with E-state index in [-0.39, 0.29) is 17.7 Å². The van der Waals surface area contributed by atoms with Gasteiger partial charge in [-0.05, 0) is 25.0 Å². The van der Waals surface area contributed by atoms with Crippen LogP contribution in [0, 0.1) is 5.92 Å². The van der Waals surface area contributed by atoms with E-state index in [2.05, 4.69) is 4.98 Å². The van der Waals surface area contributed by atoms with Crippen LogP contribution in [-0.4, -0.2) is 34.8 Å². The van der Waals surface area contributed by atoms with Gasteiger partial charge in [-0.1, -0.05) is 12.1 Å². The number of nitrogens with two attached hydrogens (primary N) is 1. The number of hydrogen-bond donors (Lipinski definition) is 1. The predicted molar refractivity (Wildman–Crippen MR) is 77.4 cm³/mol. The lowest BCUT2D eigenvalue weighted by molar-refractivity contribution is -0.123. The van der Waals surface area contributed by atoms with Gasteiger partial charge in [-0.2, -0.15) is 0 Å². The molecule has 0 unspecified atom stereocenters. The van der Waals surface area contributed by atoms with E-state index in [9.17, 15) is 9.59 Å². The Bertz CT molecular complexity index is 626. The normalized spacial score (nSPS) is 16.5. The molecule has 0 saturated carbocycles. The first-order chi connectivity index (χ1) is 9.65. The zero-order valence-corrected chi connectivity index (χ0v) is 11.7. The number of aromatic nitrogens is 1. The fourth-order valence-corrected chi connectivity index (χ4v) is 3.40. The van der Waals surface area contributed by atoms with Gasteiger partial charge >= 0.3 is 0 Å². The van der Waals surface area contributed by atoms with Gasteiger partial charge in [0.2, 0.25) is 5.91 Å². The molecule has 0 bridgehead atoms. The Balaban J connectivity index is 1.75. The van der Waals surface area contributed by atoms with Crippen molar-refractivity contribution in [2.75, 3.05) is 13.1 Å². The first kappa shape index (κ1) is 13.1. The van der Waals surface area contributed by atoms with Crippen molar-refractivity contribution in [1.29, 1.82) is 0 Å². The third kappa shape index (κ3) is 2.38. The van der Waals surface area contributed by atoms with Crippen LogP contribution in [-0.2, 0) is 4.79 Å². The number of primary amides is 1. The summed E-state index contributed by atoms with van der Waals surface area (Å²) in [5, 5.41) is 0.517. The fraction of sp³-hybridized carbons (Fsp3) is 0.357. The van der Waals surface area contributed by atoms with Crippen molar-refractivity contribution in [2.24, 2.45) is 11.7 Å². The summed E-state index contributed by atoms with van der Waals surface area (Å²) in [6.45, 7) is 1.14. The monoisotopic (exact) mass is 289 g/mol. The number of carbonyl (C=O) groups is 2. The minimum Gasteiger partial charge on any atom is -0.369 e. The minimum atomic E-state index is -0.267. The number of amides is 2. The molecular weight excluding hydrogens is 274 g/mol. The number of thiazole rings is 1. The number of hydrogen-bond acceptors (Lipinski definition) is 4. The summed E-state index contributed by atoms with van der Waals surface area (Å²) >= 11 is 1.41. The number of rotatable bonds is 2. The third-order valence-electron chi connectivity index (χ3n) is 3.66. The summed E-state index contributed by atoms with van der Waals surface area (Å²) in [7, 11) is 0. The van der Waals surface area contributed by atoms with Crippen molar-refractivity contribution < 1.29 is 9.59 Å². The van der Waals surface area contributed by atoms with E-state index in [1.807, 2.05) is 24.3 Å². The van der Waals surface area contributed by atoms with Crippen LogP contribution in [0.25, 0.3) is 10.2 Å². The van der Waals surface area contributed by atoms with Crippen molar-refractivity contribution in [3.8, 4) is 0 Å². The first-order valence-electron chi connectivity index (χ1n) is 6.59. The van der Waals surface area contributed by atoms with Gasteiger partial charge in [0.1, 0.15) is 0 Å². The van der Waals surface area contributed by atoms with Crippen molar-refractivity contribution in [3.63, 3.8) is 0 Å². The van der Waals surface area contributed by atoms with E-state index < -0.39 is 0 Å². The predicted octanol–water partition coefficient (Wildman–Crippen LogP) is 1.63. The van der Waals surface area contributed by atoms with E-state index in [1.165, 1.54) is 11.3 Å². The molecule has 1 saturated heterocycles. The summed E-state index contributed by atoms with van der Waals surface area (Å²) in [6, 6.07) is 7.72. The number of benzene rings is 1. The second-order valence-electron chi connectivity index (χ2n) is 4.96. The molecule has 0 atom stereocenters. The van der Waals surface area contributed by atoms with Gasteiger partial charge in [0, 0.05) is 19.0 Å². The van der Waals surface area contributed by atoms with E-state index in [0.29, 0.717) is 30.9 Å². The number of nitrogens with zero attached hydrogens (tertiary/aromatic N) is 2. The molecule has 2 N–H and O–H groups in total. The van der Waals surface area contributed by atoms with E-state index in [1.54, 1.807) is 4.90 Å². The number of fused-ring (bicyclic) bond motifs is 1. The second kappa shape index (κ2) is 5.20. The quantitative estimate of drug-likeness (QED) is 0.913. The summed E-state index contributed by atoms with van der Waals surface area (Å²) in [6.07, 6.45) is 1.29. The van der Waals surface area contributed by atoms with Gasteiger partial charge < -0.3 is 10.6 Å². The Hall–Kier alpha value is -1.95. The molecule has 20 heavy (non-hydrogen) atoms. The molecule has 3 rings (SSSR count). The molecule has 0 spiro atoms. The van der Waals surface area contributed by atoms with Crippen LogP contribution in [0.4, 0.5) is 0 Å². The van der Waals surface area contributed by atoms with Crippen molar-refractivity contribution >= 4 is 33.4 Å². The van der Waals surface area contributed by atoms with Crippen molar-refractivity contribution in [2.45, 2.75) is 12.8 Å². The average molecular weight is 289 g/mol. The fourth-order valence-electron chi connectivity index (χ4n) is 2.47. The molecule has 6 heteroatoms. The van der Waals surface area contributed by atoms with Crippen LogP contribution >= 0.6 is 11.3 Å². The summed E-state index contributed by atoms with van der Waals surface area (Å²) in [4.78, 5) is 29.7. The highest BCUT2D eigenvalue weighted by Gasteiger charge is 2.27. The molecular formula is C14H15N3O2S. The summed E-state index contributed by atoms with van der Waals surface area (Å²) in [5.41, 5.74) is 6.15. The first-order valence-corrected chi connectivity index (χ1v) is 7.41. The lowest BCUT2D eigenvalue weighted by atomic mass is 9.96. The Morgan fingerprint density at radius 2 is 1.95 bits per heavy atom. The molecule has 2 amide bonds. The molecule has 1 aromatic carbocycles. The number of likely N-dealkylation sites (tertiary alicyclic amines) is 1. The molecule has 1 aromatic heterocycles. The molecule has 2 aromatic rings. The number of piperidine rings is 1. The SMILES string of the molecule is NC(=O)C1CCN(C(=O)c2nc3ccccc3s2)CC1. The topological polar surface area (TPSA) is 76.3 Å². The van der Waals surface area contributed by atoms with Crippen LogP contribution in [0.5, 0.6) is 0 Å². The zero-order chi connectivity index (χ0) is 14.1. The molecule has 104 valence electrons. The maximum atomic E-state index is 12.4. The standard InChI is InChI=1S/C14H15N3O2S/c15-12(18)9-5-7-17(8-6-9)14(19)13-16-10-3-1-2-4-11(10)20-13/h1-4,9H,5-8H2,(H2,15,18). The Kier molecular flexibility index (Phi) is 3.40. The van der Waals surface area contributed by atoms with Crippen LogP contribution in [0.15, 0.2) is 24.3 Å². The highest BCUT2D eigenvalue weighted by atomic mass is 32.1. The van der Waals surface area contributed by atoms with Gasteiger partial charge in [-0.3, -0.25) is 9.59 Å². The van der Waals surface area contributed by atoms with Crippen molar-refractivity contribution in [3.05, 3.63) is 29.3 Å². The molecule has 2 heterocycles. The third-order valence-corrected chi connectivity index (χ3v) is 4.69. The van der Waals surface area contributed by atoms with E-state index in [4.69, 9.17) is 5.73 Å². The molecule has 0 radical (unpaired) electrons. The average Bonchev–Trinajstić information content (AvgIpc) is 2.90. The largest absolute Gasteiger partial charge is 0.369 e. The number of para-hydroxylation sites is 1. The summed E-state index contributed by atoms with van der Waals surface area (Å²) in [5.74, 6) is -0.416. The molecule has 0 aliphatic carbocycles. The summed E-state index contributed by atoms with van der Waals surface area (Å²) < 4.78 is 1.02. The molecule has 1 fully saturated rings. The molecule has 5 nitrogen and oxygen atoms in total. The maximum absolute atomic E-state index is 12.4. The molecule has 1 aliphatic heterocycles. The van der Waals surface area contributed by atoms with Crippen LogP contribution in [0.1, 0.15) is 22.6 Å². The van der Waals surface area contributed by atoms with Crippen LogP contribution < -0.4 is 5.73 Å². The van der Waals surface area contributed by atoms with Crippen LogP contribution in [0.2, 0.25) is 0 Å². The highest BCUT2D eigenvalue weighted by Crippen LogP contribution is 2.24. The minimum absolute atomic E-state index is 0.0471. The molecule has 1 aliphatic rings. The number of carbonyl (C=O) groups excluding carboxylic acids is 2. The lowest BCUT2D eigenvalue weighted by Crippen LogP contribution is -2.41. The van der Waals surface area contributed by atoms with E-state index in [0.717, 1.165) is 10.2 Å². The highest BCUT2D eigenvalue weighted by molar-refractivity contribution is 7.20. The maximum Gasteiger partial charge on any atom is 0.282 e. The second-order valence-corrected chi connectivity index (χ2v) is 5.99. The lowest BCUT2D eigenvalue weighted by Gasteiger charge is -2.29. The van der Waals surface area contributed by atoms with E-state index >= 15 is 0 Å². The van der Waals surface area contributed by atoms with Gasteiger partial charge in [0.15, 0.2) is 5.01 Å². The van der Waals surface area contributed by atoms with Crippen LogP contribution in [0.3, 0.4) is 0 Å². The van der Waals surface area contributed by atoms with Gasteiger partial charge in [-0.15, -0.1) is 11.3 Å². The zero-order valence-electron chi connectivity index (χ0n) is 10.9. The Labute approximate surface area is 120 Å².